The highest BCUT2D eigenvalue weighted by Crippen LogP contribution is 2.20. The van der Waals surface area contributed by atoms with Gasteiger partial charge in [0.2, 0.25) is 0 Å². The van der Waals surface area contributed by atoms with Crippen LogP contribution in [0, 0.1) is 13.8 Å². The highest BCUT2D eigenvalue weighted by atomic mass is 16.2. The van der Waals surface area contributed by atoms with Crippen LogP contribution in [-0.2, 0) is 0 Å². The Morgan fingerprint density at radius 2 is 1.62 bits per heavy atom. The zero-order chi connectivity index (χ0) is 18.5. The van der Waals surface area contributed by atoms with Crippen LogP contribution in [0.2, 0.25) is 0 Å². The van der Waals surface area contributed by atoms with E-state index in [9.17, 15) is 9.59 Å². The van der Waals surface area contributed by atoms with Crippen LogP contribution in [0.15, 0.2) is 42.5 Å². The molecule has 0 radical (unpaired) electrons. The fourth-order valence-corrected chi connectivity index (χ4v) is 3.44. The maximum absolute atomic E-state index is 12.5. The number of amides is 2. The van der Waals surface area contributed by atoms with Gasteiger partial charge < -0.3 is 10.6 Å². The number of aryl methyl sites for hydroxylation is 2. The van der Waals surface area contributed by atoms with Gasteiger partial charge in [0.05, 0.1) is 0 Å². The molecular formula is C22H26N2O2. The predicted molar refractivity (Wildman–Crippen MR) is 105 cm³/mol. The highest BCUT2D eigenvalue weighted by Gasteiger charge is 2.17. The van der Waals surface area contributed by atoms with Gasteiger partial charge >= 0.3 is 0 Å². The summed E-state index contributed by atoms with van der Waals surface area (Å²) in [7, 11) is 0. The van der Waals surface area contributed by atoms with Crippen LogP contribution in [0.1, 0.15) is 63.9 Å². The molecule has 2 N–H and O–H groups in total. The summed E-state index contributed by atoms with van der Waals surface area (Å²) in [4.78, 5) is 24.9. The van der Waals surface area contributed by atoms with Gasteiger partial charge in [-0.25, -0.2) is 0 Å². The summed E-state index contributed by atoms with van der Waals surface area (Å²) in [6, 6.07) is 13.2. The molecule has 3 rings (SSSR count). The van der Waals surface area contributed by atoms with Crippen LogP contribution in [-0.4, -0.2) is 17.9 Å². The molecule has 1 aliphatic rings. The van der Waals surface area contributed by atoms with Gasteiger partial charge in [0.1, 0.15) is 0 Å². The minimum atomic E-state index is -0.142. The molecule has 2 amide bonds. The van der Waals surface area contributed by atoms with Crippen LogP contribution >= 0.6 is 0 Å². The molecule has 0 aliphatic heterocycles. The average molecular weight is 350 g/mol. The van der Waals surface area contributed by atoms with Gasteiger partial charge in [0.15, 0.2) is 0 Å². The van der Waals surface area contributed by atoms with E-state index >= 15 is 0 Å². The number of hydrogen-bond donors (Lipinski definition) is 2. The molecule has 1 saturated carbocycles. The number of anilines is 1. The summed E-state index contributed by atoms with van der Waals surface area (Å²) in [6.07, 6.45) is 5.77. The van der Waals surface area contributed by atoms with Crippen molar-refractivity contribution < 1.29 is 9.59 Å². The van der Waals surface area contributed by atoms with E-state index in [1.54, 1.807) is 18.2 Å². The molecule has 0 unspecified atom stereocenters. The third kappa shape index (κ3) is 4.51. The van der Waals surface area contributed by atoms with E-state index < -0.39 is 0 Å². The van der Waals surface area contributed by atoms with Gasteiger partial charge in [-0.15, -0.1) is 0 Å². The molecule has 0 heterocycles. The van der Waals surface area contributed by atoms with Crippen LogP contribution < -0.4 is 10.6 Å². The maximum atomic E-state index is 12.5. The SMILES string of the molecule is Cc1cccc(C(=O)Nc2ccc(C(=O)NC3CCCCC3)cc2C)c1. The lowest BCUT2D eigenvalue weighted by molar-refractivity contribution is 0.0927. The van der Waals surface area contributed by atoms with E-state index in [1.807, 2.05) is 38.1 Å². The quantitative estimate of drug-likeness (QED) is 0.845. The van der Waals surface area contributed by atoms with Crippen molar-refractivity contribution in [1.82, 2.24) is 5.32 Å². The van der Waals surface area contributed by atoms with Crippen LogP contribution in [0.4, 0.5) is 5.69 Å². The van der Waals surface area contributed by atoms with Gasteiger partial charge in [0, 0.05) is 22.9 Å². The lowest BCUT2D eigenvalue weighted by Gasteiger charge is -2.23. The lowest BCUT2D eigenvalue weighted by Crippen LogP contribution is -2.36. The second kappa shape index (κ2) is 8.17. The Labute approximate surface area is 155 Å². The average Bonchev–Trinajstić information content (AvgIpc) is 2.64. The molecule has 4 heteroatoms. The summed E-state index contributed by atoms with van der Waals surface area (Å²) in [6.45, 7) is 3.87. The second-order valence-electron chi connectivity index (χ2n) is 7.16. The zero-order valence-corrected chi connectivity index (χ0v) is 15.5. The van der Waals surface area contributed by atoms with Crippen LogP contribution in [0.3, 0.4) is 0 Å². The first-order valence-corrected chi connectivity index (χ1v) is 9.32. The van der Waals surface area contributed by atoms with E-state index in [4.69, 9.17) is 0 Å². The Balaban J connectivity index is 1.67. The van der Waals surface area contributed by atoms with Crippen molar-refractivity contribution in [3.63, 3.8) is 0 Å². The fraction of sp³-hybridized carbons (Fsp3) is 0.364. The monoisotopic (exact) mass is 350 g/mol. The Bertz CT molecular complexity index is 808. The number of carbonyl (C=O) groups excluding carboxylic acids is 2. The molecule has 1 fully saturated rings. The summed E-state index contributed by atoms with van der Waals surface area (Å²) in [5.74, 6) is -0.173. The molecule has 0 atom stereocenters. The molecule has 0 spiro atoms. The number of nitrogens with one attached hydrogen (secondary N) is 2. The molecule has 1 aliphatic carbocycles. The second-order valence-corrected chi connectivity index (χ2v) is 7.16. The highest BCUT2D eigenvalue weighted by molar-refractivity contribution is 6.05. The van der Waals surface area contributed by atoms with Crippen LogP contribution in [0.5, 0.6) is 0 Å². The maximum Gasteiger partial charge on any atom is 0.255 e. The van der Waals surface area contributed by atoms with Gasteiger partial charge in [-0.05, 0) is 62.6 Å². The molecule has 0 aromatic heterocycles. The van der Waals surface area contributed by atoms with Crippen molar-refractivity contribution in [2.24, 2.45) is 0 Å². The van der Waals surface area contributed by atoms with Crippen molar-refractivity contribution in [1.29, 1.82) is 0 Å². The Morgan fingerprint density at radius 3 is 2.31 bits per heavy atom. The van der Waals surface area contributed by atoms with Crippen molar-refractivity contribution in [3.05, 3.63) is 64.7 Å². The summed E-state index contributed by atoms with van der Waals surface area (Å²) in [5.41, 5.74) is 3.92. The van der Waals surface area contributed by atoms with E-state index in [0.29, 0.717) is 11.1 Å². The fourth-order valence-electron chi connectivity index (χ4n) is 3.44. The van der Waals surface area contributed by atoms with Gasteiger partial charge in [-0.3, -0.25) is 9.59 Å². The number of hydrogen-bond acceptors (Lipinski definition) is 2. The third-order valence-corrected chi connectivity index (χ3v) is 4.96. The molecular weight excluding hydrogens is 324 g/mol. The number of rotatable bonds is 4. The zero-order valence-electron chi connectivity index (χ0n) is 15.5. The molecule has 2 aromatic carbocycles. The van der Waals surface area contributed by atoms with Crippen molar-refractivity contribution in [2.45, 2.75) is 52.0 Å². The smallest absolute Gasteiger partial charge is 0.255 e. The van der Waals surface area contributed by atoms with E-state index in [1.165, 1.54) is 19.3 Å². The first-order valence-electron chi connectivity index (χ1n) is 9.32. The van der Waals surface area contributed by atoms with Crippen molar-refractivity contribution in [2.75, 3.05) is 5.32 Å². The normalized spacial score (nSPS) is 14.7. The lowest BCUT2D eigenvalue weighted by atomic mass is 9.95. The largest absolute Gasteiger partial charge is 0.349 e. The number of carbonyl (C=O) groups is 2. The Kier molecular flexibility index (Phi) is 5.71. The molecule has 26 heavy (non-hydrogen) atoms. The standard InChI is InChI=1S/C22H26N2O2/c1-15-7-6-8-17(13-15)22(26)24-20-12-11-18(14-16(20)2)21(25)23-19-9-4-3-5-10-19/h6-8,11-14,19H,3-5,9-10H2,1-2H3,(H,23,25)(H,24,26). The molecule has 0 saturated heterocycles. The first kappa shape index (κ1) is 18.2. The van der Waals surface area contributed by atoms with Crippen LogP contribution in [0.25, 0.3) is 0 Å². The van der Waals surface area contributed by atoms with Gasteiger partial charge in [0.25, 0.3) is 11.8 Å². The molecule has 136 valence electrons. The molecule has 4 nitrogen and oxygen atoms in total. The van der Waals surface area contributed by atoms with Crippen molar-refractivity contribution in [3.8, 4) is 0 Å². The Morgan fingerprint density at radius 1 is 0.885 bits per heavy atom. The van der Waals surface area contributed by atoms with E-state index in [2.05, 4.69) is 10.6 Å². The van der Waals surface area contributed by atoms with Gasteiger partial charge in [-0.2, -0.15) is 0 Å². The minimum absolute atomic E-state index is 0.0310. The topological polar surface area (TPSA) is 58.2 Å². The first-order chi connectivity index (χ1) is 12.5. The Hall–Kier alpha value is -2.62. The van der Waals surface area contributed by atoms with E-state index in [-0.39, 0.29) is 17.9 Å². The third-order valence-electron chi connectivity index (χ3n) is 4.96. The summed E-state index contributed by atoms with van der Waals surface area (Å²) < 4.78 is 0. The number of benzene rings is 2. The minimum Gasteiger partial charge on any atom is -0.349 e. The molecule has 2 aromatic rings. The summed E-state index contributed by atoms with van der Waals surface area (Å²) in [5, 5.41) is 6.06. The predicted octanol–water partition coefficient (Wildman–Crippen LogP) is 4.62. The molecule has 0 bridgehead atoms. The van der Waals surface area contributed by atoms with E-state index in [0.717, 1.165) is 29.7 Å². The summed E-state index contributed by atoms with van der Waals surface area (Å²) >= 11 is 0. The van der Waals surface area contributed by atoms with Crippen molar-refractivity contribution >= 4 is 17.5 Å². The van der Waals surface area contributed by atoms with Gasteiger partial charge in [-0.1, -0.05) is 37.0 Å².